The fourth-order valence-electron chi connectivity index (χ4n) is 2.01. The third-order valence-corrected chi connectivity index (χ3v) is 3.96. The molecule has 0 bridgehead atoms. The number of imidazole rings is 1. The summed E-state index contributed by atoms with van der Waals surface area (Å²) in [6.07, 6.45) is 5.53. The molecule has 0 saturated carbocycles. The van der Waals surface area contributed by atoms with Crippen LogP contribution < -0.4 is 5.32 Å². The first-order valence-corrected chi connectivity index (χ1v) is 7.32. The van der Waals surface area contributed by atoms with Gasteiger partial charge < -0.3 is 5.32 Å². The quantitative estimate of drug-likeness (QED) is 0.895. The summed E-state index contributed by atoms with van der Waals surface area (Å²) >= 11 is 1.75. The number of likely N-dealkylation sites (N-methyl/N-ethyl adjacent to an activating group) is 1. The van der Waals surface area contributed by atoms with Crippen LogP contribution in [-0.4, -0.2) is 22.5 Å². The minimum Gasteiger partial charge on any atom is -0.313 e. The van der Waals surface area contributed by atoms with E-state index in [1.54, 1.807) is 11.3 Å². The average molecular weight is 263 g/mol. The molecule has 2 aromatic rings. The zero-order valence-electron chi connectivity index (χ0n) is 11.6. The van der Waals surface area contributed by atoms with Crippen LogP contribution in [0.15, 0.2) is 11.8 Å². The normalized spacial score (nSPS) is 12.6. The lowest BCUT2D eigenvalue weighted by atomic mass is 10.1. The Morgan fingerprint density at radius 2 is 2.22 bits per heavy atom. The summed E-state index contributed by atoms with van der Waals surface area (Å²) in [4.78, 5) is 7.01. The third-order valence-electron chi connectivity index (χ3n) is 3.06. The molecule has 3 nitrogen and oxygen atoms in total. The zero-order chi connectivity index (χ0) is 13.1. The van der Waals surface area contributed by atoms with Gasteiger partial charge in [0.15, 0.2) is 4.96 Å². The van der Waals surface area contributed by atoms with E-state index in [4.69, 9.17) is 0 Å². The number of aryl methyl sites for hydroxylation is 2. The Hall–Kier alpha value is -1.13. The first kappa shape index (κ1) is 13.3. The third kappa shape index (κ3) is 2.65. The fourth-order valence-corrected chi connectivity index (χ4v) is 2.89. The Balaban J connectivity index is 2.39. The number of nitrogens with one attached hydrogen (secondary N) is 1. The number of hydrogen-bond donors (Lipinski definition) is 1. The molecule has 0 amide bonds. The van der Waals surface area contributed by atoms with E-state index in [9.17, 15) is 0 Å². The van der Waals surface area contributed by atoms with Crippen molar-refractivity contribution < 1.29 is 0 Å². The molecule has 0 aliphatic carbocycles. The molecule has 0 radical (unpaired) electrons. The van der Waals surface area contributed by atoms with Crippen LogP contribution in [-0.2, 0) is 0 Å². The van der Waals surface area contributed by atoms with Crippen LogP contribution >= 0.6 is 11.3 Å². The van der Waals surface area contributed by atoms with Gasteiger partial charge in [-0.1, -0.05) is 19.4 Å². The van der Waals surface area contributed by atoms with Gasteiger partial charge in [0.05, 0.1) is 11.4 Å². The van der Waals surface area contributed by atoms with Crippen molar-refractivity contribution in [3.05, 3.63) is 28.0 Å². The standard InChI is InChI=1S/C14H21N3S/c1-5-12(8-15-6-2)7-13-11(4)16-14-17(13)9-10(3)18-14/h7,9,15H,5-6,8H2,1-4H3. The van der Waals surface area contributed by atoms with Crippen molar-refractivity contribution in [1.29, 1.82) is 0 Å². The van der Waals surface area contributed by atoms with Crippen LogP contribution in [0.25, 0.3) is 11.0 Å². The van der Waals surface area contributed by atoms with Gasteiger partial charge >= 0.3 is 0 Å². The number of fused-ring (bicyclic) bond motifs is 1. The minimum atomic E-state index is 0.961. The molecule has 1 N–H and O–H groups in total. The van der Waals surface area contributed by atoms with Crippen molar-refractivity contribution in [2.75, 3.05) is 13.1 Å². The summed E-state index contributed by atoms with van der Waals surface area (Å²) in [5, 5.41) is 3.39. The Morgan fingerprint density at radius 3 is 2.89 bits per heavy atom. The Bertz CT molecular complexity index is 563. The molecular formula is C14H21N3S. The van der Waals surface area contributed by atoms with Gasteiger partial charge in [-0.15, -0.1) is 11.3 Å². The number of aromatic nitrogens is 2. The van der Waals surface area contributed by atoms with E-state index in [1.165, 1.54) is 16.1 Å². The topological polar surface area (TPSA) is 29.3 Å². The maximum absolute atomic E-state index is 4.62. The number of nitrogens with zero attached hydrogens (tertiary/aromatic N) is 2. The van der Waals surface area contributed by atoms with Gasteiger partial charge in [0.1, 0.15) is 0 Å². The van der Waals surface area contributed by atoms with E-state index >= 15 is 0 Å². The lowest BCUT2D eigenvalue weighted by Crippen LogP contribution is -2.15. The molecule has 0 aliphatic heterocycles. The smallest absolute Gasteiger partial charge is 0.194 e. The summed E-state index contributed by atoms with van der Waals surface area (Å²) in [6.45, 7) is 10.5. The van der Waals surface area contributed by atoms with Gasteiger partial charge in [-0.2, -0.15) is 0 Å². The largest absolute Gasteiger partial charge is 0.313 e. The van der Waals surface area contributed by atoms with Crippen molar-refractivity contribution in [3.8, 4) is 0 Å². The Morgan fingerprint density at radius 1 is 1.44 bits per heavy atom. The lowest BCUT2D eigenvalue weighted by molar-refractivity contribution is 0.761. The van der Waals surface area contributed by atoms with Crippen molar-refractivity contribution in [2.45, 2.75) is 34.1 Å². The maximum Gasteiger partial charge on any atom is 0.194 e. The predicted octanol–water partition coefficient (Wildman–Crippen LogP) is 3.42. The first-order valence-electron chi connectivity index (χ1n) is 6.51. The van der Waals surface area contributed by atoms with E-state index in [0.29, 0.717) is 0 Å². The second-order valence-corrected chi connectivity index (χ2v) is 5.73. The number of hydrogen-bond acceptors (Lipinski definition) is 3. The zero-order valence-corrected chi connectivity index (χ0v) is 12.4. The fraction of sp³-hybridized carbons (Fsp3) is 0.500. The number of thiazole rings is 1. The summed E-state index contributed by atoms with van der Waals surface area (Å²) in [7, 11) is 0. The number of rotatable bonds is 5. The molecule has 0 saturated heterocycles. The van der Waals surface area contributed by atoms with Crippen LogP contribution in [0.4, 0.5) is 0 Å². The van der Waals surface area contributed by atoms with Gasteiger partial charge in [-0.05, 0) is 32.9 Å². The minimum absolute atomic E-state index is 0.961. The SMILES string of the molecule is CCNCC(=Cc1c(C)nc2sc(C)cn12)CC. The molecule has 18 heavy (non-hydrogen) atoms. The van der Waals surface area contributed by atoms with Crippen molar-refractivity contribution in [2.24, 2.45) is 0 Å². The molecule has 2 rings (SSSR count). The van der Waals surface area contributed by atoms with E-state index in [0.717, 1.165) is 30.2 Å². The second-order valence-electron chi connectivity index (χ2n) is 4.51. The summed E-state index contributed by atoms with van der Waals surface area (Å²) in [5.74, 6) is 0. The van der Waals surface area contributed by atoms with Crippen LogP contribution in [0.2, 0.25) is 0 Å². The van der Waals surface area contributed by atoms with E-state index < -0.39 is 0 Å². The van der Waals surface area contributed by atoms with Gasteiger partial charge in [0.2, 0.25) is 0 Å². The summed E-state index contributed by atoms with van der Waals surface area (Å²) in [6, 6.07) is 0. The van der Waals surface area contributed by atoms with E-state index in [-0.39, 0.29) is 0 Å². The average Bonchev–Trinajstić information content (AvgIpc) is 2.81. The van der Waals surface area contributed by atoms with E-state index in [1.807, 2.05) is 0 Å². The van der Waals surface area contributed by atoms with Crippen molar-refractivity contribution in [1.82, 2.24) is 14.7 Å². The molecule has 2 aromatic heterocycles. The first-order chi connectivity index (χ1) is 8.65. The monoisotopic (exact) mass is 263 g/mol. The van der Waals surface area contributed by atoms with Crippen LogP contribution in [0.5, 0.6) is 0 Å². The van der Waals surface area contributed by atoms with Crippen LogP contribution in [0.3, 0.4) is 0 Å². The molecule has 0 spiro atoms. The highest BCUT2D eigenvalue weighted by Crippen LogP contribution is 2.22. The predicted molar refractivity (Wildman–Crippen MR) is 79.4 cm³/mol. The van der Waals surface area contributed by atoms with Crippen molar-refractivity contribution in [3.63, 3.8) is 0 Å². The van der Waals surface area contributed by atoms with Crippen molar-refractivity contribution >= 4 is 22.4 Å². The second kappa shape index (κ2) is 5.67. The molecule has 0 fully saturated rings. The molecule has 0 atom stereocenters. The van der Waals surface area contributed by atoms with Gasteiger partial charge in [-0.25, -0.2) is 4.98 Å². The molecule has 0 unspecified atom stereocenters. The molecule has 98 valence electrons. The highest BCUT2D eigenvalue weighted by atomic mass is 32.1. The van der Waals surface area contributed by atoms with Crippen LogP contribution in [0.1, 0.15) is 36.5 Å². The summed E-state index contributed by atoms with van der Waals surface area (Å²) in [5.41, 5.74) is 3.76. The van der Waals surface area contributed by atoms with E-state index in [2.05, 4.69) is 54.7 Å². The van der Waals surface area contributed by atoms with Gasteiger partial charge in [-0.3, -0.25) is 4.40 Å². The van der Waals surface area contributed by atoms with Gasteiger partial charge in [0, 0.05) is 17.6 Å². The molecule has 0 aliphatic rings. The molecule has 2 heterocycles. The Kier molecular flexibility index (Phi) is 4.19. The molecular weight excluding hydrogens is 242 g/mol. The van der Waals surface area contributed by atoms with Crippen LogP contribution in [0, 0.1) is 13.8 Å². The maximum atomic E-state index is 4.62. The summed E-state index contributed by atoms with van der Waals surface area (Å²) < 4.78 is 2.21. The highest BCUT2D eigenvalue weighted by Gasteiger charge is 2.09. The highest BCUT2D eigenvalue weighted by molar-refractivity contribution is 7.17. The van der Waals surface area contributed by atoms with Gasteiger partial charge in [0.25, 0.3) is 0 Å². The molecule has 0 aromatic carbocycles. The lowest BCUT2D eigenvalue weighted by Gasteiger charge is -2.05. The Labute approximate surface area is 113 Å². The molecule has 4 heteroatoms.